The fourth-order valence-corrected chi connectivity index (χ4v) is 3.47. The zero-order valence-corrected chi connectivity index (χ0v) is 16.0. The Morgan fingerprint density at radius 1 is 1.03 bits per heavy atom. The largest absolute Gasteiger partial charge is 0.488 e. The normalized spacial score (nSPS) is 15.2. The summed E-state index contributed by atoms with van der Waals surface area (Å²) in [6.07, 6.45) is -1.39. The Balaban J connectivity index is 1.32. The summed E-state index contributed by atoms with van der Waals surface area (Å²) < 4.78 is 44.1. The van der Waals surface area contributed by atoms with Gasteiger partial charge in [0.1, 0.15) is 17.4 Å². The van der Waals surface area contributed by atoms with Gasteiger partial charge in [-0.2, -0.15) is 13.2 Å². The molecule has 8 heteroatoms. The highest BCUT2D eigenvalue weighted by atomic mass is 19.4. The average molecular weight is 415 g/mol. The molecule has 4 rings (SSSR count). The molecular formula is C22H20F3N3O2. The van der Waals surface area contributed by atoms with Crippen LogP contribution < -0.4 is 10.1 Å². The number of ether oxygens (including phenoxy) is 1. The number of halogens is 3. The van der Waals surface area contributed by atoms with Crippen LogP contribution in [0, 0.1) is 0 Å². The Bertz CT molecular complexity index is 1020. The lowest BCUT2D eigenvalue weighted by molar-refractivity contribution is -0.137. The van der Waals surface area contributed by atoms with Crippen molar-refractivity contribution in [2.45, 2.75) is 25.1 Å². The second-order valence-corrected chi connectivity index (χ2v) is 7.14. The Morgan fingerprint density at radius 3 is 2.43 bits per heavy atom. The number of carbonyl (C=O) groups excluding carboxylic acids is 1. The van der Waals surface area contributed by atoms with Gasteiger partial charge in [-0.15, -0.1) is 0 Å². The lowest BCUT2D eigenvalue weighted by Crippen LogP contribution is -2.43. The number of hydrogen-bond donors (Lipinski definition) is 1. The number of piperidine rings is 1. The molecule has 1 N–H and O–H groups in total. The van der Waals surface area contributed by atoms with E-state index in [1.807, 2.05) is 30.3 Å². The molecule has 0 radical (unpaired) electrons. The molecule has 30 heavy (non-hydrogen) atoms. The number of benzene rings is 2. The maximum Gasteiger partial charge on any atom is 0.416 e. The third kappa shape index (κ3) is 4.48. The van der Waals surface area contributed by atoms with Crippen molar-refractivity contribution < 1.29 is 22.7 Å². The molecule has 0 saturated carbocycles. The first-order valence-corrected chi connectivity index (χ1v) is 9.64. The molecule has 0 spiro atoms. The van der Waals surface area contributed by atoms with E-state index < -0.39 is 11.7 Å². The maximum absolute atomic E-state index is 12.6. The summed E-state index contributed by atoms with van der Waals surface area (Å²) >= 11 is 0. The summed E-state index contributed by atoms with van der Waals surface area (Å²) in [4.78, 5) is 18.5. The predicted octanol–water partition coefficient (Wildman–Crippen LogP) is 5.33. The number of amides is 2. The highest BCUT2D eigenvalue weighted by Crippen LogP contribution is 2.30. The Morgan fingerprint density at radius 2 is 1.73 bits per heavy atom. The van der Waals surface area contributed by atoms with Crippen LogP contribution in [0.15, 0.2) is 60.8 Å². The van der Waals surface area contributed by atoms with Crippen LogP contribution in [0.1, 0.15) is 18.4 Å². The van der Waals surface area contributed by atoms with Crippen LogP contribution in [0.5, 0.6) is 5.75 Å². The zero-order valence-electron chi connectivity index (χ0n) is 16.0. The number of carbonyl (C=O) groups is 1. The van der Waals surface area contributed by atoms with E-state index in [1.165, 1.54) is 12.1 Å². The highest BCUT2D eigenvalue weighted by molar-refractivity contribution is 5.89. The predicted molar refractivity (Wildman–Crippen MR) is 107 cm³/mol. The molecule has 5 nitrogen and oxygen atoms in total. The molecule has 0 atom stereocenters. The summed E-state index contributed by atoms with van der Waals surface area (Å²) in [6.45, 7) is 0.991. The number of nitrogens with zero attached hydrogens (tertiary/aromatic N) is 2. The van der Waals surface area contributed by atoms with E-state index in [-0.39, 0.29) is 12.1 Å². The number of aromatic nitrogens is 1. The van der Waals surface area contributed by atoms with Gasteiger partial charge in [-0.1, -0.05) is 18.2 Å². The van der Waals surface area contributed by atoms with Crippen molar-refractivity contribution in [3.63, 3.8) is 0 Å². The third-order valence-corrected chi connectivity index (χ3v) is 5.08. The minimum atomic E-state index is -4.40. The van der Waals surface area contributed by atoms with Crippen LogP contribution in [-0.4, -0.2) is 35.1 Å². The third-order valence-electron chi connectivity index (χ3n) is 5.08. The number of hydrogen-bond acceptors (Lipinski definition) is 3. The monoisotopic (exact) mass is 415 g/mol. The van der Waals surface area contributed by atoms with Crippen LogP contribution in [0.3, 0.4) is 0 Å². The summed E-state index contributed by atoms with van der Waals surface area (Å²) in [5, 5.41) is 3.65. The first-order valence-electron chi connectivity index (χ1n) is 9.64. The molecule has 2 amide bonds. The van der Waals surface area contributed by atoms with Gasteiger partial charge < -0.3 is 15.0 Å². The number of pyridine rings is 1. The van der Waals surface area contributed by atoms with Gasteiger partial charge in [0.15, 0.2) is 0 Å². The van der Waals surface area contributed by atoms with E-state index in [2.05, 4.69) is 10.3 Å². The van der Waals surface area contributed by atoms with E-state index in [4.69, 9.17) is 4.74 Å². The van der Waals surface area contributed by atoms with Crippen LogP contribution >= 0.6 is 0 Å². The van der Waals surface area contributed by atoms with E-state index in [0.29, 0.717) is 31.6 Å². The van der Waals surface area contributed by atoms with Gasteiger partial charge in [-0.3, -0.25) is 4.98 Å². The number of likely N-dealkylation sites (tertiary alicyclic amines) is 1. The zero-order chi connectivity index (χ0) is 21.1. The molecule has 2 aromatic carbocycles. The first-order chi connectivity index (χ1) is 14.4. The summed E-state index contributed by atoms with van der Waals surface area (Å²) in [5.41, 5.74) is 0.386. The maximum atomic E-state index is 12.6. The summed E-state index contributed by atoms with van der Waals surface area (Å²) in [7, 11) is 0. The molecule has 1 fully saturated rings. The Labute approximate surface area is 171 Å². The fraction of sp³-hybridized carbons (Fsp3) is 0.273. The second-order valence-electron chi connectivity index (χ2n) is 7.14. The topological polar surface area (TPSA) is 54.5 Å². The minimum absolute atomic E-state index is 0.0345. The standard InChI is InChI=1S/C22H20F3N3O2/c23-22(24,25)16-6-8-17(9-7-16)27-21(29)28-13-10-18(11-14-28)30-19-5-1-3-15-4-2-12-26-20(15)19/h1-9,12,18H,10-11,13-14H2,(H,27,29). The van der Waals surface area contributed by atoms with Crippen molar-refractivity contribution in [3.05, 3.63) is 66.4 Å². The number of anilines is 1. The van der Waals surface area contributed by atoms with Crippen molar-refractivity contribution in [2.75, 3.05) is 18.4 Å². The molecule has 0 aliphatic carbocycles. The van der Waals surface area contributed by atoms with Crippen LogP contribution in [0.2, 0.25) is 0 Å². The van der Waals surface area contributed by atoms with E-state index >= 15 is 0 Å². The quantitative estimate of drug-likeness (QED) is 0.629. The van der Waals surface area contributed by atoms with Gasteiger partial charge in [0.25, 0.3) is 0 Å². The van der Waals surface area contributed by atoms with Crippen LogP contribution in [-0.2, 0) is 6.18 Å². The molecule has 2 heterocycles. The molecule has 1 saturated heterocycles. The van der Waals surface area contributed by atoms with Crippen molar-refractivity contribution in [1.82, 2.24) is 9.88 Å². The SMILES string of the molecule is O=C(Nc1ccc(C(F)(F)F)cc1)N1CCC(Oc2cccc3cccnc23)CC1. The van der Waals surface area contributed by atoms with Gasteiger partial charge in [0.05, 0.1) is 5.56 Å². The van der Waals surface area contributed by atoms with E-state index in [9.17, 15) is 18.0 Å². The minimum Gasteiger partial charge on any atom is -0.488 e. The average Bonchev–Trinajstić information content (AvgIpc) is 2.74. The van der Waals surface area contributed by atoms with E-state index in [1.54, 1.807) is 11.1 Å². The molecule has 0 unspecified atom stereocenters. The highest BCUT2D eigenvalue weighted by Gasteiger charge is 2.30. The number of rotatable bonds is 3. The van der Waals surface area contributed by atoms with Gasteiger partial charge >= 0.3 is 12.2 Å². The van der Waals surface area contributed by atoms with Gasteiger partial charge in [0, 0.05) is 43.2 Å². The Kier molecular flexibility index (Phi) is 5.48. The van der Waals surface area contributed by atoms with Gasteiger partial charge in [-0.05, 0) is 36.4 Å². The summed E-state index contributed by atoms with van der Waals surface area (Å²) in [5.74, 6) is 0.723. The number of nitrogens with one attached hydrogen (secondary N) is 1. The lowest BCUT2D eigenvalue weighted by atomic mass is 10.1. The van der Waals surface area contributed by atoms with Crippen LogP contribution in [0.25, 0.3) is 10.9 Å². The smallest absolute Gasteiger partial charge is 0.416 e. The number of fused-ring (bicyclic) bond motifs is 1. The number of alkyl halides is 3. The van der Waals surface area contributed by atoms with E-state index in [0.717, 1.165) is 28.8 Å². The van der Waals surface area contributed by atoms with Crippen molar-refractivity contribution in [2.24, 2.45) is 0 Å². The van der Waals surface area contributed by atoms with Gasteiger partial charge in [-0.25, -0.2) is 4.79 Å². The molecular weight excluding hydrogens is 395 g/mol. The van der Waals surface area contributed by atoms with Crippen molar-refractivity contribution in [1.29, 1.82) is 0 Å². The number of para-hydroxylation sites is 1. The first kappa shape index (κ1) is 20.0. The molecule has 156 valence electrons. The second kappa shape index (κ2) is 8.22. The molecule has 1 aliphatic rings. The summed E-state index contributed by atoms with van der Waals surface area (Å²) in [6, 6.07) is 13.7. The molecule has 0 bridgehead atoms. The fourth-order valence-electron chi connectivity index (χ4n) is 3.47. The molecule has 3 aromatic rings. The van der Waals surface area contributed by atoms with Crippen molar-refractivity contribution in [3.8, 4) is 5.75 Å². The lowest BCUT2D eigenvalue weighted by Gasteiger charge is -2.32. The number of urea groups is 1. The van der Waals surface area contributed by atoms with Crippen molar-refractivity contribution >= 4 is 22.6 Å². The van der Waals surface area contributed by atoms with Gasteiger partial charge in [0.2, 0.25) is 0 Å². The molecule has 1 aromatic heterocycles. The molecule has 1 aliphatic heterocycles. The van der Waals surface area contributed by atoms with Crippen LogP contribution in [0.4, 0.5) is 23.7 Å². The Hall–Kier alpha value is -3.29.